The fourth-order valence-corrected chi connectivity index (χ4v) is 2.32. The monoisotopic (exact) mass is 350 g/mol. The summed E-state index contributed by atoms with van der Waals surface area (Å²) in [7, 11) is 0. The van der Waals surface area contributed by atoms with E-state index in [-0.39, 0.29) is 5.69 Å². The van der Waals surface area contributed by atoms with Crippen LogP contribution in [0.15, 0.2) is 46.9 Å². The summed E-state index contributed by atoms with van der Waals surface area (Å²) in [6, 6.07) is 12.2. The molecule has 6 heteroatoms. The lowest BCUT2D eigenvalue weighted by atomic mass is 10.1. The van der Waals surface area contributed by atoms with Crippen LogP contribution in [-0.2, 0) is 13.0 Å². The minimum atomic E-state index is -0.407. The first-order chi connectivity index (χ1) is 10.1. The van der Waals surface area contributed by atoms with E-state index >= 15 is 0 Å². The molecule has 0 amide bonds. The van der Waals surface area contributed by atoms with Crippen molar-refractivity contribution in [1.82, 2.24) is 0 Å². The number of hydrogen-bond acceptors (Lipinski definition) is 4. The van der Waals surface area contributed by atoms with Gasteiger partial charge in [-0.1, -0.05) is 28.1 Å². The van der Waals surface area contributed by atoms with Crippen molar-refractivity contribution in [3.63, 3.8) is 0 Å². The first-order valence-electron chi connectivity index (χ1n) is 6.45. The van der Waals surface area contributed by atoms with Gasteiger partial charge < -0.3 is 10.5 Å². The second kappa shape index (κ2) is 7.19. The Bertz CT molecular complexity index is 629. The third-order valence-electron chi connectivity index (χ3n) is 3.04. The quantitative estimate of drug-likeness (QED) is 0.639. The van der Waals surface area contributed by atoms with Gasteiger partial charge in [-0.05, 0) is 23.8 Å². The lowest BCUT2D eigenvalue weighted by Gasteiger charge is -2.10. The van der Waals surface area contributed by atoms with E-state index in [0.717, 1.165) is 21.3 Å². The fraction of sp³-hybridized carbons (Fsp3) is 0.200. The van der Waals surface area contributed by atoms with E-state index in [9.17, 15) is 10.1 Å². The highest BCUT2D eigenvalue weighted by Crippen LogP contribution is 2.23. The van der Waals surface area contributed by atoms with Gasteiger partial charge in [0.1, 0.15) is 5.75 Å². The molecule has 0 unspecified atom stereocenters. The molecular formula is C15H15BrN2O3. The van der Waals surface area contributed by atoms with Crippen LogP contribution in [0.25, 0.3) is 0 Å². The standard InChI is InChI=1S/C15H15BrN2O3/c16-13-3-6-15(12(9-13)10-17)21-8-7-11-1-4-14(5-2-11)18(19)20/h1-6,9H,7-8,10,17H2. The molecule has 0 saturated carbocycles. The van der Waals surface area contributed by atoms with E-state index in [1.807, 2.05) is 18.2 Å². The summed E-state index contributed by atoms with van der Waals surface area (Å²) < 4.78 is 6.69. The zero-order chi connectivity index (χ0) is 15.2. The molecule has 2 aromatic carbocycles. The van der Waals surface area contributed by atoms with Crippen molar-refractivity contribution >= 4 is 21.6 Å². The maximum atomic E-state index is 10.6. The number of ether oxygens (including phenoxy) is 1. The summed E-state index contributed by atoms with van der Waals surface area (Å²) in [6.07, 6.45) is 0.679. The van der Waals surface area contributed by atoms with Crippen LogP contribution in [0.3, 0.4) is 0 Å². The van der Waals surface area contributed by atoms with Crippen molar-refractivity contribution < 1.29 is 9.66 Å². The van der Waals surface area contributed by atoms with Gasteiger partial charge >= 0.3 is 0 Å². The number of hydrogen-bond donors (Lipinski definition) is 1. The van der Waals surface area contributed by atoms with E-state index in [1.54, 1.807) is 12.1 Å². The van der Waals surface area contributed by atoms with Crippen LogP contribution in [0.2, 0.25) is 0 Å². The Balaban J connectivity index is 1.93. The SMILES string of the molecule is NCc1cc(Br)ccc1OCCc1ccc([N+](=O)[O-])cc1. The first-order valence-corrected chi connectivity index (χ1v) is 7.24. The molecule has 0 fully saturated rings. The Labute approximate surface area is 131 Å². The second-order valence-corrected chi connectivity index (χ2v) is 5.39. The number of nitrogens with two attached hydrogens (primary N) is 1. The minimum absolute atomic E-state index is 0.0954. The minimum Gasteiger partial charge on any atom is -0.493 e. The van der Waals surface area contributed by atoms with Gasteiger partial charge in [0.05, 0.1) is 11.5 Å². The van der Waals surface area contributed by atoms with Crippen LogP contribution in [0.5, 0.6) is 5.75 Å². The molecule has 110 valence electrons. The summed E-state index contributed by atoms with van der Waals surface area (Å²) in [5.74, 6) is 0.766. The van der Waals surface area contributed by atoms with Crippen LogP contribution in [-0.4, -0.2) is 11.5 Å². The predicted octanol–water partition coefficient (Wildman–Crippen LogP) is 3.44. The molecule has 2 rings (SSSR count). The Morgan fingerprint density at radius 3 is 2.52 bits per heavy atom. The number of rotatable bonds is 6. The van der Waals surface area contributed by atoms with Crippen molar-refractivity contribution in [2.45, 2.75) is 13.0 Å². The highest BCUT2D eigenvalue weighted by Gasteiger charge is 2.05. The van der Waals surface area contributed by atoms with E-state index in [0.29, 0.717) is 19.6 Å². The van der Waals surface area contributed by atoms with Crippen LogP contribution in [0.4, 0.5) is 5.69 Å². The highest BCUT2D eigenvalue weighted by molar-refractivity contribution is 9.10. The summed E-state index contributed by atoms with van der Waals surface area (Å²) in [6.45, 7) is 0.902. The zero-order valence-electron chi connectivity index (χ0n) is 11.3. The third kappa shape index (κ3) is 4.27. The van der Waals surface area contributed by atoms with Crippen LogP contribution >= 0.6 is 15.9 Å². The van der Waals surface area contributed by atoms with E-state index in [4.69, 9.17) is 10.5 Å². The molecule has 5 nitrogen and oxygen atoms in total. The highest BCUT2D eigenvalue weighted by atomic mass is 79.9. The molecule has 0 aliphatic heterocycles. The average molecular weight is 351 g/mol. The van der Waals surface area contributed by atoms with Crippen molar-refractivity contribution in [2.24, 2.45) is 5.73 Å². The number of non-ortho nitro benzene ring substituents is 1. The smallest absolute Gasteiger partial charge is 0.269 e. The summed E-state index contributed by atoms with van der Waals surface area (Å²) in [5, 5.41) is 10.6. The van der Waals surface area contributed by atoms with Gasteiger partial charge in [-0.3, -0.25) is 10.1 Å². The summed E-state index contributed by atoms with van der Waals surface area (Å²) in [4.78, 5) is 10.2. The normalized spacial score (nSPS) is 10.4. The van der Waals surface area contributed by atoms with Crippen molar-refractivity contribution in [3.8, 4) is 5.75 Å². The van der Waals surface area contributed by atoms with E-state index in [2.05, 4.69) is 15.9 Å². The Hall–Kier alpha value is -1.92. The molecule has 2 aromatic rings. The van der Waals surface area contributed by atoms with Gasteiger partial charge in [-0.25, -0.2) is 0 Å². The average Bonchev–Trinajstić information content (AvgIpc) is 2.49. The van der Waals surface area contributed by atoms with Gasteiger partial charge in [0.25, 0.3) is 5.69 Å². The van der Waals surface area contributed by atoms with Gasteiger partial charge in [-0.2, -0.15) is 0 Å². The summed E-state index contributed by atoms with van der Waals surface area (Å²) >= 11 is 3.39. The number of nitro groups is 1. The number of nitrogens with zero attached hydrogens (tertiary/aromatic N) is 1. The maximum Gasteiger partial charge on any atom is 0.269 e. The van der Waals surface area contributed by atoms with Crippen molar-refractivity contribution in [1.29, 1.82) is 0 Å². The van der Waals surface area contributed by atoms with Gasteiger partial charge in [-0.15, -0.1) is 0 Å². The van der Waals surface area contributed by atoms with Crippen LogP contribution < -0.4 is 10.5 Å². The molecule has 0 saturated heterocycles. The largest absolute Gasteiger partial charge is 0.493 e. The fourth-order valence-electron chi connectivity index (χ4n) is 1.91. The lowest BCUT2D eigenvalue weighted by Crippen LogP contribution is -2.06. The number of benzene rings is 2. The van der Waals surface area contributed by atoms with E-state index in [1.165, 1.54) is 12.1 Å². The lowest BCUT2D eigenvalue weighted by molar-refractivity contribution is -0.384. The third-order valence-corrected chi connectivity index (χ3v) is 3.53. The topological polar surface area (TPSA) is 78.4 Å². The van der Waals surface area contributed by atoms with Gasteiger partial charge in [0, 0.05) is 35.1 Å². The van der Waals surface area contributed by atoms with Crippen molar-refractivity contribution in [2.75, 3.05) is 6.61 Å². The molecule has 0 radical (unpaired) electrons. The maximum absolute atomic E-state index is 10.6. The molecule has 0 heterocycles. The Morgan fingerprint density at radius 1 is 1.19 bits per heavy atom. The van der Waals surface area contributed by atoms with E-state index < -0.39 is 4.92 Å². The molecule has 0 aliphatic rings. The second-order valence-electron chi connectivity index (χ2n) is 4.48. The Kier molecular flexibility index (Phi) is 5.30. The zero-order valence-corrected chi connectivity index (χ0v) is 12.9. The number of nitro benzene ring substituents is 1. The van der Waals surface area contributed by atoms with Gasteiger partial charge in [0.2, 0.25) is 0 Å². The van der Waals surface area contributed by atoms with Crippen molar-refractivity contribution in [3.05, 3.63) is 68.2 Å². The molecular weight excluding hydrogens is 336 g/mol. The Morgan fingerprint density at radius 2 is 1.90 bits per heavy atom. The molecule has 2 N–H and O–H groups in total. The van der Waals surface area contributed by atoms with Crippen LogP contribution in [0, 0.1) is 10.1 Å². The first kappa shape index (κ1) is 15.5. The van der Waals surface area contributed by atoms with Gasteiger partial charge in [0.15, 0.2) is 0 Å². The molecule has 0 atom stereocenters. The molecule has 0 aromatic heterocycles. The molecule has 21 heavy (non-hydrogen) atoms. The molecule has 0 aliphatic carbocycles. The van der Waals surface area contributed by atoms with Crippen LogP contribution in [0.1, 0.15) is 11.1 Å². The predicted molar refractivity (Wildman–Crippen MR) is 84.3 cm³/mol. The number of halogens is 1. The molecule has 0 bridgehead atoms. The molecule has 0 spiro atoms. The summed E-state index contributed by atoms with van der Waals surface area (Å²) in [5.41, 5.74) is 7.71.